The lowest BCUT2D eigenvalue weighted by Gasteiger charge is -2.36. The van der Waals surface area contributed by atoms with Crippen LogP contribution in [0.5, 0.6) is 0 Å². The van der Waals surface area contributed by atoms with Crippen LogP contribution in [0, 0.1) is 10.9 Å². The van der Waals surface area contributed by atoms with Gasteiger partial charge in [-0.3, -0.25) is 23.5 Å². The monoisotopic (exact) mass is 519 g/mol. The molecule has 9 heteroatoms. The largest absolute Gasteiger partial charge is 0.353 e. The summed E-state index contributed by atoms with van der Waals surface area (Å²) in [6.07, 6.45) is 1.73. The molecule has 1 fully saturated rings. The van der Waals surface area contributed by atoms with Crippen molar-refractivity contribution in [3.05, 3.63) is 90.5 Å². The summed E-state index contributed by atoms with van der Waals surface area (Å²) in [5.41, 5.74) is 2.91. The lowest BCUT2D eigenvalue weighted by molar-refractivity contribution is 0.249. The van der Waals surface area contributed by atoms with Crippen LogP contribution in [0.15, 0.2) is 64.3 Å². The van der Waals surface area contributed by atoms with E-state index in [1.54, 1.807) is 15.2 Å². The van der Waals surface area contributed by atoms with Crippen molar-refractivity contribution >= 4 is 35.0 Å². The maximum atomic E-state index is 13.8. The Kier molecular flexibility index (Phi) is 6.87. The van der Waals surface area contributed by atoms with Crippen molar-refractivity contribution in [2.75, 3.05) is 31.1 Å². The molecule has 5 rings (SSSR count). The van der Waals surface area contributed by atoms with Gasteiger partial charge in [0.05, 0.1) is 4.88 Å². The third-order valence-corrected chi connectivity index (χ3v) is 7.96. The zero-order chi connectivity index (χ0) is 25.4. The smallest absolute Gasteiger partial charge is 0.268 e. The van der Waals surface area contributed by atoms with Gasteiger partial charge in [0.25, 0.3) is 11.1 Å². The van der Waals surface area contributed by atoms with E-state index in [0.717, 1.165) is 38.3 Å². The molecule has 0 spiro atoms. The maximum Gasteiger partial charge on any atom is 0.268 e. The number of benzene rings is 1. The zero-order valence-electron chi connectivity index (χ0n) is 20.7. The van der Waals surface area contributed by atoms with Crippen molar-refractivity contribution in [1.82, 2.24) is 18.9 Å². The molecule has 0 saturated carbocycles. The molecule has 1 aliphatic heterocycles. The van der Waals surface area contributed by atoms with E-state index >= 15 is 0 Å². The minimum Gasteiger partial charge on any atom is -0.353 e. The van der Waals surface area contributed by atoms with Gasteiger partial charge in [0.1, 0.15) is 17.0 Å². The van der Waals surface area contributed by atoms with Gasteiger partial charge in [-0.2, -0.15) is 0 Å². The van der Waals surface area contributed by atoms with Crippen LogP contribution in [0.1, 0.15) is 31.0 Å². The average molecular weight is 520 g/mol. The molecule has 0 aliphatic carbocycles. The molecular weight excluding hydrogens is 490 g/mol. The molecule has 186 valence electrons. The summed E-state index contributed by atoms with van der Waals surface area (Å²) in [7, 11) is 0. The fourth-order valence-corrected chi connectivity index (χ4v) is 6.32. The van der Waals surface area contributed by atoms with Crippen LogP contribution in [0.25, 0.3) is 16.1 Å². The number of aromatic nitrogens is 3. The van der Waals surface area contributed by atoms with E-state index in [-0.39, 0.29) is 17.2 Å². The Balaban J connectivity index is 1.58. The molecule has 1 aliphatic rings. The third kappa shape index (κ3) is 4.66. The fraction of sp³-hybridized carbons (Fsp3) is 0.333. The van der Waals surface area contributed by atoms with Crippen LogP contribution in [0.2, 0.25) is 0 Å². The van der Waals surface area contributed by atoms with Gasteiger partial charge in [-0.1, -0.05) is 36.4 Å². The molecule has 1 saturated heterocycles. The highest BCUT2D eigenvalue weighted by Crippen LogP contribution is 2.31. The molecule has 4 heterocycles. The molecule has 0 amide bonds. The lowest BCUT2D eigenvalue weighted by atomic mass is 10.1. The molecule has 0 N–H and O–H groups in total. The van der Waals surface area contributed by atoms with Crippen molar-refractivity contribution in [3.8, 4) is 10.4 Å². The highest BCUT2D eigenvalue weighted by atomic mass is 32.1. The Morgan fingerprint density at radius 3 is 2.42 bits per heavy atom. The van der Waals surface area contributed by atoms with Gasteiger partial charge in [0.15, 0.2) is 3.95 Å². The van der Waals surface area contributed by atoms with Crippen LogP contribution in [-0.4, -0.2) is 45.0 Å². The van der Waals surface area contributed by atoms with E-state index in [4.69, 9.17) is 17.2 Å². The minimum absolute atomic E-state index is 0.0501. The van der Waals surface area contributed by atoms with Crippen molar-refractivity contribution in [1.29, 1.82) is 0 Å². The number of piperazine rings is 1. The predicted molar refractivity (Wildman–Crippen MR) is 149 cm³/mol. The van der Waals surface area contributed by atoms with E-state index in [0.29, 0.717) is 25.9 Å². The highest BCUT2D eigenvalue weighted by Gasteiger charge is 2.25. The lowest BCUT2D eigenvalue weighted by Crippen LogP contribution is -2.47. The molecule has 0 radical (unpaired) electrons. The number of aryl methyl sites for hydroxylation is 1. The fourth-order valence-electron chi connectivity index (χ4n) is 4.72. The first-order valence-corrected chi connectivity index (χ1v) is 13.4. The van der Waals surface area contributed by atoms with Crippen LogP contribution < -0.4 is 16.0 Å². The van der Waals surface area contributed by atoms with Gasteiger partial charge in [0, 0.05) is 51.0 Å². The van der Waals surface area contributed by atoms with E-state index in [1.807, 2.05) is 39.0 Å². The van der Waals surface area contributed by atoms with Gasteiger partial charge in [-0.25, -0.2) is 4.98 Å². The molecule has 3 aromatic heterocycles. The van der Waals surface area contributed by atoms with E-state index < -0.39 is 0 Å². The van der Waals surface area contributed by atoms with Crippen LogP contribution >= 0.6 is 23.6 Å². The summed E-state index contributed by atoms with van der Waals surface area (Å²) < 4.78 is 3.62. The normalized spacial score (nSPS) is 14.6. The predicted octanol–water partition coefficient (Wildman–Crippen LogP) is 4.53. The Morgan fingerprint density at radius 2 is 1.75 bits per heavy atom. The number of hydrogen-bond donors (Lipinski definition) is 0. The molecule has 0 unspecified atom stereocenters. The minimum atomic E-state index is -0.198. The quantitative estimate of drug-likeness (QED) is 0.361. The van der Waals surface area contributed by atoms with Crippen LogP contribution in [0.4, 0.5) is 5.82 Å². The number of rotatable bonds is 5. The summed E-state index contributed by atoms with van der Waals surface area (Å²) in [6.45, 7) is 9.89. The Hall–Kier alpha value is -3.14. The summed E-state index contributed by atoms with van der Waals surface area (Å²) in [5.74, 6) is 0.626. The summed E-state index contributed by atoms with van der Waals surface area (Å²) in [4.78, 5) is 37.0. The van der Waals surface area contributed by atoms with Gasteiger partial charge in [-0.15, -0.1) is 11.3 Å². The molecule has 7 nitrogen and oxygen atoms in total. The standard InChI is InChI=1S/C27H29N5O2S2/c1-18(2)32-22(33)16-21(36-27(32)35)23-25(28-24-19(3)8-7-11-31(24)26(23)34)30-14-12-29(13-15-30)17-20-9-5-4-6-10-20/h4-11,16,18H,12-15,17H2,1-3H3. The maximum absolute atomic E-state index is 13.8. The SMILES string of the molecule is Cc1cccn2c(=O)c(-c3cc(=O)n(C(C)C)c(=S)s3)c(N3CCN(Cc4ccccc4)CC3)nc12. The van der Waals surface area contributed by atoms with Crippen LogP contribution in [-0.2, 0) is 6.54 Å². The molecular formula is C27H29N5O2S2. The number of nitrogens with zero attached hydrogens (tertiary/aromatic N) is 5. The van der Waals surface area contributed by atoms with Crippen molar-refractivity contribution in [3.63, 3.8) is 0 Å². The number of fused-ring (bicyclic) bond motifs is 1. The summed E-state index contributed by atoms with van der Waals surface area (Å²) in [5, 5.41) is 0. The molecule has 0 atom stereocenters. The molecule has 36 heavy (non-hydrogen) atoms. The highest BCUT2D eigenvalue weighted by molar-refractivity contribution is 7.73. The second-order valence-electron chi connectivity index (χ2n) is 9.43. The number of hydrogen-bond acceptors (Lipinski definition) is 7. The first-order valence-electron chi connectivity index (χ1n) is 12.1. The Labute approximate surface area is 218 Å². The number of anilines is 1. The first kappa shape index (κ1) is 24.5. The molecule has 4 aromatic rings. The van der Waals surface area contributed by atoms with Gasteiger partial charge >= 0.3 is 0 Å². The third-order valence-electron chi connectivity index (χ3n) is 6.60. The van der Waals surface area contributed by atoms with E-state index in [2.05, 4.69) is 34.1 Å². The second kappa shape index (κ2) is 10.1. The Bertz CT molecular complexity index is 1550. The van der Waals surface area contributed by atoms with Gasteiger partial charge in [0.2, 0.25) is 0 Å². The average Bonchev–Trinajstić information content (AvgIpc) is 2.85. The first-order chi connectivity index (χ1) is 17.3. The molecule has 0 bridgehead atoms. The second-order valence-corrected chi connectivity index (χ2v) is 11.1. The summed E-state index contributed by atoms with van der Waals surface area (Å²) >= 11 is 6.87. The summed E-state index contributed by atoms with van der Waals surface area (Å²) in [6, 6.07) is 15.7. The van der Waals surface area contributed by atoms with Crippen molar-refractivity contribution in [2.45, 2.75) is 33.4 Å². The van der Waals surface area contributed by atoms with Gasteiger partial charge in [-0.05, 0) is 50.2 Å². The Morgan fingerprint density at radius 1 is 1.03 bits per heavy atom. The topological polar surface area (TPSA) is 62.9 Å². The molecule has 1 aromatic carbocycles. The zero-order valence-corrected chi connectivity index (χ0v) is 22.3. The number of pyridine rings is 1. The van der Waals surface area contributed by atoms with E-state index in [1.165, 1.54) is 23.0 Å². The van der Waals surface area contributed by atoms with E-state index in [9.17, 15) is 9.59 Å². The van der Waals surface area contributed by atoms with Gasteiger partial charge < -0.3 is 4.90 Å². The van der Waals surface area contributed by atoms with Crippen molar-refractivity contribution in [2.24, 2.45) is 0 Å². The van der Waals surface area contributed by atoms with Crippen molar-refractivity contribution < 1.29 is 0 Å². The van der Waals surface area contributed by atoms with Crippen LogP contribution in [0.3, 0.4) is 0 Å².